The quantitative estimate of drug-likeness (QED) is 0.185. The topological polar surface area (TPSA) is 44.5 Å². The molecule has 244 valence electrons. The first-order valence-corrected chi connectivity index (χ1v) is 17.7. The molecule has 4 nitrogen and oxygen atoms in total. The fraction of sp³-hybridized carbons (Fsp3) is 0.0208. The molecule has 0 saturated carbocycles. The second kappa shape index (κ2) is 11.3. The molecule has 0 amide bonds. The number of hydrogen-bond donors (Lipinski definition) is 0. The lowest BCUT2D eigenvalue weighted by molar-refractivity contribution is 0.666. The van der Waals surface area contributed by atoms with Crippen LogP contribution in [0, 0.1) is 0 Å². The van der Waals surface area contributed by atoms with E-state index in [0.29, 0.717) is 0 Å². The molecule has 0 spiro atoms. The minimum absolute atomic E-state index is 0.297. The molecule has 0 saturated heterocycles. The average molecular weight is 665 g/mol. The van der Waals surface area contributed by atoms with Crippen molar-refractivity contribution < 1.29 is 4.42 Å². The Kier molecular flexibility index (Phi) is 6.28. The summed E-state index contributed by atoms with van der Waals surface area (Å²) in [6.45, 7) is 0. The molecule has 3 heterocycles. The number of aliphatic imine (C=N–C) groups is 1. The normalized spacial score (nSPS) is 14.7. The van der Waals surface area contributed by atoms with Crippen LogP contribution < -0.4 is 0 Å². The van der Waals surface area contributed by atoms with Crippen molar-refractivity contribution in [1.29, 1.82) is 0 Å². The van der Waals surface area contributed by atoms with Crippen molar-refractivity contribution in [3.63, 3.8) is 0 Å². The van der Waals surface area contributed by atoms with Gasteiger partial charge in [-0.3, -0.25) is 0 Å². The zero-order chi connectivity index (χ0) is 34.2. The van der Waals surface area contributed by atoms with Gasteiger partial charge < -0.3 is 19.3 Å². The summed E-state index contributed by atoms with van der Waals surface area (Å²) >= 11 is 0. The van der Waals surface area contributed by atoms with E-state index >= 15 is 0 Å². The van der Waals surface area contributed by atoms with Crippen LogP contribution in [0.4, 0.5) is 0 Å². The van der Waals surface area contributed by atoms with Gasteiger partial charge in [0.25, 0.3) is 0 Å². The van der Waals surface area contributed by atoms with E-state index in [-0.39, 0.29) is 6.04 Å². The summed E-state index contributed by atoms with van der Waals surface area (Å²) in [6, 6.07) is 59.7. The second-order valence-electron chi connectivity index (χ2n) is 13.5. The molecule has 4 heteroatoms. The van der Waals surface area contributed by atoms with Gasteiger partial charge in [-0.2, -0.15) is 0 Å². The highest BCUT2D eigenvalue weighted by Crippen LogP contribution is 2.45. The molecule has 1 aliphatic rings. The Morgan fingerprint density at radius 2 is 1.21 bits per heavy atom. The minimum atomic E-state index is -0.297. The first-order valence-electron chi connectivity index (χ1n) is 17.7. The van der Waals surface area contributed by atoms with Crippen LogP contribution in [0.3, 0.4) is 0 Å². The maximum Gasteiger partial charge on any atom is 0.159 e. The van der Waals surface area contributed by atoms with E-state index in [4.69, 9.17) is 14.7 Å². The number of hydrogen-bond acceptors (Lipinski definition) is 2. The molecule has 1 atom stereocenters. The summed E-state index contributed by atoms with van der Waals surface area (Å²) in [5, 5.41) is 14.7. The number of aromatic nitrogens is 1. The van der Waals surface area contributed by atoms with Crippen molar-refractivity contribution in [1.82, 2.24) is 4.57 Å². The molecule has 0 radical (unpaired) electrons. The summed E-state index contributed by atoms with van der Waals surface area (Å²) in [7, 11) is 0. The summed E-state index contributed by atoms with van der Waals surface area (Å²) in [6.07, 6.45) is 2.21. The maximum atomic E-state index is 6.88. The Hall–Kier alpha value is -6.91. The third kappa shape index (κ3) is 4.44. The molecule has 1 unspecified atom stereocenters. The smallest absolute Gasteiger partial charge is 0.159 e. The Bertz CT molecular complexity index is 3110. The lowest BCUT2D eigenvalue weighted by Gasteiger charge is -2.34. The van der Waals surface area contributed by atoms with Gasteiger partial charge >= 0.3 is 0 Å². The van der Waals surface area contributed by atoms with Crippen molar-refractivity contribution in [2.75, 3.05) is 0 Å². The summed E-state index contributed by atoms with van der Waals surface area (Å²) in [5.41, 5.74) is 9.02. The van der Waals surface area contributed by atoms with Crippen LogP contribution in [0.2, 0.25) is 0 Å². The number of amidine groups is 1. The van der Waals surface area contributed by atoms with Crippen LogP contribution in [-0.4, -0.2) is 10.4 Å². The molecular formula is C48H30N3O-. The van der Waals surface area contributed by atoms with Gasteiger partial charge in [0.2, 0.25) is 0 Å². The van der Waals surface area contributed by atoms with Gasteiger partial charge in [-0.05, 0) is 80.3 Å². The summed E-state index contributed by atoms with van der Waals surface area (Å²) in [5.74, 6) is 0.718. The van der Waals surface area contributed by atoms with Crippen molar-refractivity contribution >= 4 is 76.8 Å². The number of rotatable bonds is 4. The largest absolute Gasteiger partial charge is 0.454 e. The molecule has 11 rings (SSSR count). The van der Waals surface area contributed by atoms with Gasteiger partial charge in [0.05, 0.1) is 16.7 Å². The number of nitrogens with zero attached hydrogens (tertiary/aromatic N) is 3. The molecular weight excluding hydrogens is 635 g/mol. The van der Waals surface area contributed by atoms with Crippen LogP contribution in [-0.2, 0) is 0 Å². The van der Waals surface area contributed by atoms with Gasteiger partial charge in [-0.1, -0.05) is 145 Å². The van der Waals surface area contributed by atoms with Crippen LogP contribution in [0.15, 0.2) is 185 Å². The monoisotopic (exact) mass is 664 g/mol. The Labute approximate surface area is 299 Å². The van der Waals surface area contributed by atoms with E-state index in [1.807, 2.05) is 24.3 Å². The number of benzene rings is 8. The van der Waals surface area contributed by atoms with Gasteiger partial charge in [0.1, 0.15) is 5.58 Å². The second-order valence-corrected chi connectivity index (χ2v) is 13.5. The number of fused-ring (bicyclic) bond motifs is 8. The molecule has 0 bridgehead atoms. The molecule has 2 aromatic heterocycles. The van der Waals surface area contributed by atoms with Crippen molar-refractivity contribution in [2.45, 2.75) is 6.04 Å². The van der Waals surface area contributed by atoms with E-state index in [1.54, 1.807) is 0 Å². The van der Waals surface area contributed by atoms with E-state index in [2.05, 4.69) is 156 Å². The SMILES string of the molecule is C1=C(c2ccc3ccccc3c2)N=C(c2ccccc2)[N-]C1c1ccc(-n2c3ccccc3c3cc4ccccc4cc32)c2oc3ccccc3c12. The molecule has 52 heavy (non-hydrogen) atoms. The lowest BCUT2D eigenvalue weighted by Crippen LogP contribution is -2.11. The fourth-order valence-electron chi connectivity index (χ4n) is 8.07. The first kappa shape index (κ1) is 28.9. The van der Waals surface area contributed by atoms with Gasteiger partial charge in [0.15, 0.2) is 5.58 Å². The van der Waals surface area contributed by atoms with Gasteiger partial charge in [0, 0.05) is 27.6 Å². The first-order chi connectivity index (χ1) is 25.8. The molecule has 8 aromatic carbocycles. The highest BCUT2D eigenvalue weighted by molar-refractivity contribution is 6.17. The molecule has 0 N–H and O–H groups in total. The Balaban J connectivity index is 1.17. The Morgan fingerprint density at radius 1 is 0.519 bits per heavy atom. The van der Waals surface area contributed by atoms with Crippen molar-refractivity contribution in [2.24, 2.45) is 4.99 Å². The zero-order valence-electron chi connectivity index (χ0n) is 28.1. The fourth-order valence-corrected chi connectivity index (χ4v) is 8.07. The van der Waals surface area contributed by atoms with Crippen LogP contribution in [0.5, 0.6) is 0 Å². The van der Waals surface area contributed by atoms with Crippen molar-refractivity contribution in [3.05, 3.63) is 198 Å². The third-order valence-corrected chi connectivity index (χ3v) is 10.5. The van der Waals surface area contributed by atoms with E-state index < -0.39 is 0 Å². The Morgan fingerprint density at radius 3 is 2.06 bits per heavy atom. The number of furan rings is 1. The van der Waals surface area contributed by atoms with Crippen LogP contribution in [0.25, 0.3) is 82.0 Å². The minimum Gasteiger partial charge on any atom is -0.454 e. The van der Waals surface area contributed by atoms with Crippen LogP contribution >= 0.6 is 0 Å². The predicted octanol–water partition coefficient (Wildman–Crippen LogP) is 12.9. The lowest BCUT2D eigenvalue weighted by atomic mass is 9.95. The number of para-hydroxylation sites is 2. The average Bonchev–Trinajstić information content (AvgIpc) is 3.76. The zero-order valence-corrected chi connectivity index (χ0v) is 28.1. The molecule has 0 fully saturated rings. The van der Waals surface area contributed by atoms with Crippen molar-refractivity contribution in [3.8, 4) is 5.69 Å². The molecule has 10 aromatic rings. The van der Waals surface area contributed by atoms with Crippen LogP contribution in [0.1, 0.15) is 22.7 Å². The highest BCUT2D eigenvalue weighted by atomic mass is 16.3. The molecule has 0 aliphatic carbocycles. The standard InChI is InChI=1S/C48H30N3O/c1-2-13-31(14-3-1)48-49-40(35-23-22-30-12-4-5-15-32(30)26-35)29-41(50-48)37-24-25-43(47-46(37)38-19-9-11-21-45(38)52-47)51-42-20-10-8-18-36(42)39-27-33-16-6-7-17-34(33)28-44(39)51/h1-29,41H/q-1. The summed E-state index contributed by atoms with van der Waals surface area (Å²) < 4.78 is 9.25. The summed E-state index contributed by atoms with van der Waals surface area (Å²) in [4.78, 5) is 5.17. The van der Waals surface area contributed by atoms with E-state index in [1.165, 1.54) is 32.3 Å². The predicted molar refractivity (Wildman–Crippen MR) is 217 cm³/mol. The van der Waals surface area contributed by atoms with Gasteiger partial charge in [-0.25, -0.2) is 0 Å². The van der Waals surface area contributed by atoms with Gasteiger partial charge in [-0.15, -0.1) is 0 Å². The van der Waals surface area contributed by atoms with E-state index in [0.717, 1.165) is 66.9 Å². The highest BCUT2D eigenvalue weighted by Gasteiger charge is 2.23. The maximum absolute atomic E-state index is 6.88. The molecule has 1 aliphatic heterocycles. The van der Waals surface area contributed by atoms with E-state index in [9.17, 15) is 0 Å². The third-order valence-electron chi connectivity index (χ3n) is 10.5.